The molecule has 0 saturated carbocycles. The van der Waals surface area contributed by atoms with E-state index in [-0.39, 0.29) is 6.04 Å². The number of pyridine rings is 1. The average molecular weight is 402 g/mol. The minimum atomic E-state index is -4.40. The normalized spacial score (nSPS) is 17.8. The van der Waals surface area contributed by atoms with Gasteiger partial charge in [-0.1, -0.05) is 31.2 Å². The molecule has 1 aliphatic rings. The predicted molar refractivity (Wildman–Crippen MR) is 109 cm³/mol. The van der Waals surface area contributed by atoms with Crippen LogP contribution in [0.5, 0.6) is 0 Å². The molecule has 1 unspecified atom stereocenters. The molecule has 0 saturated heterocycles. The lowest BCUT2D eigenvalue weighted by atomic mass is 10.0. The summed E-state index contributed by atoms with van der Waals surface area (Å²) in [6.45, 7) is 4.20. The van der Waals surface area contributed by atoms with Gasteiger partial charge in [0.25, 0.3) is 0 Å². The predicted octanol–water partition coefficient (Wildman–Crippen LogP) is 5.72. The molecule has 3 rings (SSSR count). The third kappa shape index (κ3) is 4.60. The van der Waals surface area contributed by atoms with E-state index in [0.717, 1.165) is 24.5 Å². The summed E-state index contributed by atoms with van der Waals surface area (Å²) in [6, 6.07) is 7.71. The maximum absolute atomic E-state index is 13.4. The van der Waals surface area contributed by atoms with Crippen LogP contribution in [0.4, 0.5) is 19.0 Å². The molecule has 0 aromatic carbocycles. The zero-order valence-electron chi connectivity index (χ0n) is 16.8. The number of anilines is 1. The lowest BCUT2D eigenvalue weighted by Crippen LogP contribution is -2.23. The van der Waals surface area contributed by atoms with Crippen LogP contribution in [0.2, 0.25) is 0 Å². The Morgan fingerprint density at radius 2 is 2.14 bits per heavy atom. The van der Waals surface area contributed by atoms with Crippen molar-refractivity contribution in [2.45, 2.75) is 45.5 Å². The molecule has 0 spiro atoms. The molecule has 2 aromatic heterocycles. The van der Waals surface area contributed by atoms with Crippen molar-refractivity contribution in [3.8, 4) is 0 Å². The minimum Gasteiger partial charge on any atom is -0.351 e. The van der Waals surface area contributed by atoms with Crippen LogP contribution in [0.3, 0.4) is 0 Å². The molecule has 1 atom stereocenters. The first-order valence-corrected chi connectivity index (χ1v) is 9.68. The molecule has 154 valence electrons. The van der Waals surface area contributed by atoms with Gasteiger partial charge < -0.3 is 4.90 Å². The summed E-state index contributed by atoms with van der Waals surface area (Å²) in [5.41, 5.74) is 1.33. The Hall–Kier alpha value is -2.83. The number of nitrogens with zero attached hydrogens (tertiary/aromatic N) is 4. The van der Waals surface area contributed by atoms with Crippen molar-refractivity contribution in [1.29, 1.82) is 0 Å². The van der Waals surface area contributed by atoms with Gasteiger partial charge in [-0.25, -0.2) is 4.98 Å². The number of hydrogen-bond acceptors (Lipinski definition) is 3. The summed E-state index contributed by atoms with van der Waals surface area (Å²) in [5, 5.41) is 4.59. The monoisotopic (exact) mass is 402 g/mol. The lowest BCUT2D eigenvalue weighted by molar-refractivity contribution is -0.0883. The molecule has 0 fully saturated rings. The number of rotatable bonds is 6. The maximum Gasteiger partial charge on any atom is 0.416 e. The highest BCUT2D eigenvalue weighted by Crippen LogP contribution is 2.35. The molecule has 1 aliphatic heterocycles. The fraction of sp³-hybridized carbons (Fsp3) is 0.364. The van der Waals surface area contributed by atoms with E-state index in [9.17, 15) is 13.2 Å². The molecule has 0 aliphatic carbocycles. The van der Waals surface area contributed by atoms with Gasteiger partial charge in [0.2, 0.25) is 0 Å². The minimum absolute atomic E-state index is 0.0753. The number of aromatic nitrogens is 3. The van der Waals surface area contributed by atoms with Crippen LogP contribution in [0, 0.1) is 0 Å². The van der Waals surface area contributed by atoms with Gasteiger partial charge in [0.15, 0.2) is 0 Å². The molecule has 7 heteroatoms. The largest absolute Gasteiger partial charge is 0.416 e. The van der Waals surface area contributed by atoms with Crippen molar-refractivity contribution in [3.63, 3.8) is 0 Å². The van der Waals surface area contributed by atoms with Gasteiger partial charge in [-0.2, -0.15) is 18.3 Å². The summed E-state index contributed by atoms with van der Waals surface area (Å²) in [4.78, 5) is 6.48. The first-order chi connectivity index (χ1) is 13.8. The quantitative estimate of drug-likeness (QED) is 0.580. The molecule has 4 nitrogen and oxygen atoms in total. The summed E-state index contributed by atoms with van der Waals surface area (Å²) in [6.07, 6.45) is 4.32. The Labute approximate surface area is 169 Å². The van der Waals surface area contributed by atoms with Crippen molar-refractivity contribution in [2.75, 3.05) is 11.9 Å². The van der Waals surface area contributed by atoms with Gasteiger partial charge >= 0.3 is 6.18 Å². The van der Waals surface area contributed by atoms with Crippen molar-refractivity contribution in [2.24, 2.45) is 0 Å². The highest BCUT2D eigenvalue weighted by molar-refractivity contribution is 5.74. The summed E-state index contributed by atoms with van der Waals surface area (Å²) >= 11 is 0. The number of hydrogen-bond donors (Lipinski definition) is 0. The molecule has 3 heterocycles. The highest BCUT2D eigenvalue weighted by Gasteiger charge is 2.33. The summed E-state index contributed by atoms with van der Waals surface area (Å²) in [5.74, 6) is 0.850. The third-order valence-electron chi connectivity index (χ3n) is 4.95. The van der Waals surface area contributed by atoms with E-state index in [0.29, 0.717) is 17.7 Å². The van der Waals surface area contributed by atoms with Crippen LogP contribution in [-0.4, -0.2) is 28.0 Å². The number of allylic oxidation sites excluding steroid dienone is 6. The van der Waals surface area contributed by atoms with E-state index in [1.807, 2.05) is 36.0 Å². The van der Waals surface area contributed by atoms with Gasteiger partial charge in [-0.15, -0.1) is 0 Å². The molecule has 0 amide bonds. The van der Waals surface area contributed by atoms with E-state index in [1.165, 1.54) is 12.2 Å². The third-order valence-corrected chi connectivity index (χ3v) is 4.95. The van der Waals surface area contributed by atoms with Crippen LogP contribution in [-0.2, 0) is 6.54 Å². The molecular formula is C22H25F3N4. The van der Waals surface area contributed by atoms with Gasteiger partial charge in [0.05, 0.1) is 23.0 Å². The van der Waals surface area contributed by atoms with E-state index >= 15 is 0 Å². The van der Waals surface area contributed by atoms with Crippen molar-refractivity contribution >= 4 is 11.4 Å². The SMILES string of the molecule is C\C=C/C(=C\C(=C\CC)C(F)(F)F)c1cc2n(n1)CCC2N(C)c1ccccn1. The number of fused-ring (bicyclic) bond motifs is 1. The van der Waals surface area contributed by atoms with Crippen LogP contribution >= 0.6 is 0 Å². The van der Waals surface area contributed by atoms with Crippen LogP contribution in [0.1, 0.15) is 44.1 Å². The summed E-state index contributed by atoms with van der Waals surface area (Å²) < 4.78 is 42.0. The summed E-state index contributed by atoms with van der Waals surface area (Å²) in [7, 11) is 1.98. The fourth-order valence-corrected chi connectivity index (χ4v) is 3.56. The second kappa shape index (κ2) is 8.68. The smallest absolute Gasteiger partial charge is 0.351 e. The van der Waals surface area contributed by atoms with Gasteiger partial charge in [0.1, 0.15) is 5.82 Å². The van der Waals surface area contributed by atoms with Crippen molar-refractivity contribution < 1.29 is 13.2 Å². The number of halogens is 3. The zero-order chi connectivity index (χ0) is 21.0. The van der Waals surface area contributed by atoms with Gasteiger partial charge in [-0.3, -0.25) is 4.68 Å². The number of aryl methyl sites for hydroxylation is 1. The lowest BCUT2D eigenvalue weighted by Gasteiger charge is -2.24. The standard InChI is InChI=1S/C22H25F3N4/c1-4-8-16(14-17(9-5-2)22(23,24)25)18-15-20-19(11-13-29(20)27-18)28(3)21-10-6-7-12-26-21/h4,6-10,12,14-15,19H,5,11,13H2,1-3H3/b8-4-,16-14+,17-9-. The average Bonchev–Trinajstić information content (AvgIpc) is 3.27. The Bertz CT molecular complexity index is 923. The second-order valence-corrected chi connectivity index (χ2v) is 6.95. The molecule has 0 radical (unpaired) electrons. The molecule has 0 bridgehead atoms. The van der Waals surface area contributed by atoms with Crippen LogP contribution < -0.4 is 4.90 Å². The van der Waals surface area contributed by atoms with E-state index in [2.05, 4.69) is 15.0 Å². The fourth-order valence-electron chi connectivity index (χ4n) is 3.56. The zero-order valence-corrected chi connectivity index (χ0v) is 16.8. The first kappa shape index (κ1) is 20.9. The van der Waals surface area contributed by atoms with Crippen LogP contribution in [0.15, 0.2) is 60.3 Å². The van der Waals surface area contributed by atoms with Crippen molar-refractivity contribution in [1.82, 2.24) is 14.8 Å². The van der Waals surface area contributed by atoms with E-state index in [1.54, 1.807) is 32.2 Å². The Kier molecular flexibility index (Phi) is 6.25. The Morgan fingerprint density at radius 1 is 1.34 bits per heavy atom. The van der Waals surface area contributed by atoms with E-state index in [4.69, 9.17) is 0 Å². The molecule has 29 heavy (non-hydrogen) atoms. The van der Waals surface area contributed by atoms with Gasteiger partial charge in [-0.05, 0) is 44.0 Å². The number of alkyl halides is 3. The highest BCUT2D eigenvalue weighted by atomic mass is 19.4. The van der Waals surface area contributed by atoms with E-state index < -0.39 is 11.7 Å². The first-order valence-electron chi connectivity index (χ1n) is 9.68. The second-order valence-electron chi connectivity index (χ2n) is 6.95. The van der Waals surface area contributed by atoms with Crippen molar-refractivity contribution in [3.05, 3.63) is 71.7 Å². The topological polar surface area (TPSA) is 34.0 Å². The van der Waals surface area contributed by atoms with Crippen LogP contribution in [0.25, 0.3) is 5.57 Å². The Morgan fingerprint density at radius 3 is 2.76 bits per heavy atom. The Balaban J connectivity index is 1.96. The maximum atomic E-state index is 13.4. The molecule has 2 aromatic rings. The van der Waals surface area contributed by atoms with Gasteiger partial charge in [0, 0.05) is 25.4 Å². The molecule has 0 N–H and O–H groups in total. The molecular weight excluding hydrogens is 377 g/mol.